The first-order valence-electron chi connectivity index (χ1n) is 12.4. The monoisotopic (exact) mass is 543 g/mol. The molecule has 5 rings (SSSR count). The molecule has 3 aromatic rings. The summed E-state index contributed by atoms with van der Waals surface area (Å²) >= 11 is 1.31. The molecule has 37 heavy (non-hydrogen) atoms. The Morgan fingerprint density at radius 3 is 2.57 bits per heavy atom. The van der Waals surface area contributed by atoms with Crippen molar-refractivity contribution < 1.29 is 22.7 Å². The highest BCUT2D eigenvalue weighted by atomic mass is 32.2. The Balaban J connectivity index is 1.58. The van der Waals surface area contributed by atoms with Gasteiger partial charge in [0.25, 0.3) is 0 Å². The van der Waals surface area contributed by atoms with Crippen LogP contribution in [-0.2, 0) is 20.6 Å². The van der Waals surface area contributed by atoms with Crippen LogP contribution in [0.5, 0.6) is 11.5 Å². The molecular weight excluding hydrogens is 510 g/mol. The zero-order valence-corrected chi connectivity index (χ0v) is 23.8. The summed E-state index contributed by atoms with van der Waals surface area (Å²) < 4.78 is 40.7. The second kappa shape index (κ2) is 9.01. The first-order chi connectivity index (χ1) is 17.4. The lowest BCUT2D eigenvalue weighted by Gasteiger charge is -2.36. The number of thioether (sulfide) groups is 1. The fraction of sp³-hybridized carbons (Fsp3) is 0.519. The molecule has 2 bridgehead atoms. The molecule has 2 atom stereocenters. The van der Waals surface area contributed by atoms with Crippen molar-refractivity contribution in [2.45, 2.75) is 57.9 Å². The van der Waals surface area contributed by atoms with Gasteiger partial charge in [-0.3, -0.25) is 9.78 Å². The number of imidazole rings is 1. The highest BCUT2D eigenvalue weighted by Gasteiger charge is 2.65. The average molecular weight is 544 g/mol. The molecule has 2 aromatic heterocycles. The van der Waals surface area contributed by atoms with Gasteiger partial charge in [0.1, 0.15) is 17.3 Å². The molecule has 198 valence electrons. The number of benzene rings is 1. The number of hydrogen-bond donors (Lipinski definition) is 0. The van der Waals surface area contributed by atoms with Crippen LogP contribution < -0.4 is 9.47 Å². The van der Waals surface area contributed by atoms with Gasteiger partial charge in [-0.25, -0.2) is 17.4 Å². The van der Waals surface area contributed by atoms with Gasteiger partial charge in [-0.15, -0.1) is 0 Å². The number of aromatic nitrogens is 3. The molecule has 1 aromatic carbocycles. The maximum atomic E-state index is 14.2. The Morgan fingerprint density at radius 2 is 1.95 bits per heavy atom. The van der Waals surface area contributed by atoms with Gasteiger partial charge in [0.15, 0.2) is 5.16 Å². The van der Waals surface area contributed by atoms with Gasteiger partial charge < -0.3 is 9.47 Å². The van der Waals surface area contributed by atoms with Crippen LogP contribution in [0.4, 0.5) is 0 Å². The Bertz CT molecular complexity index is 1510. The molecule has 10 heteroatoms. The molecule has 0 radical (unpaired) electrons. The van der Waals surface area contributed by atoms with Crippen LogP contribution in [0.25, 0.3) is 11.0 Å². The van der Waals surface area contributed by atoms with Crippen LogP contribution in [0.1, 0.15) is 49.9 Å². The smallest absolute Gasteiger partial charge is 0.242 e. The van der Waals surface area contributed by atoms with Gasteiger partial charge in [-0.1, -0.05) is 25.6 Å². The molecule has 0 saturated heterocycles. The lowest BCUT2D eigenvalue weighted by molar-refractivity contribution is -0.128. The van der Waals surface area contributed by atoms with Crippen molar-refractivity contribution in [2.24, 2.45) is 16.7 Å². The molecule has 0 amide bonds. The summed E-state index contributed by atoms with van der Waals surface area (Å²) in [6.45, 7) is 7.99. The third kappa shape index (κ3) is 3.94. The third-order valence-corrected chi connectivity index (χ3v) is 11.6. The van der Waals surface area contributed by atoms with Crippen LogP contribution in [0.2, 0.25) is 0 Å². The Labute approximate surface area is 222 Å². The number of nitrogens with zero attached hydrogens (tertiary/aromatic N) is 3. The number of ether oxygens (including phenoxy) is 2. The minimum absolute atomic E-state index is 0.0695. The summed E-state index contributed by atoms with van der Waals surface area (Å²) in [5.74, 6) is 1.80. The molecule has 8 nitrogen and oxygen atoms in total. The highest BCUT2D eigenvalue weighted by molar-refractivity contribution is 7.99. The summed E-state index contributed by atoms with van der Waals surface area (Å²) in [5, 5.41) is 0.346. The van der Waals surface area contributed by atoms with E-state index in [0.717, 1.165) is 29.0 Å². The number of rotatable bonds is 8. The Morgan fingerprint density at radius 1 is 1.19 bits per heavy atom. The van der Waals surface area contributed by atoms with Crippen LogP contribution in [0, 0.1) is 30.6 Å². The second-order valence-corrected chi connectivity index (χ2v) is 13.5. The predicted octanol–water partition coefficient (Wildman–Crippen LogP) is 4.93. The lowest BCUT2D eigenvalue weighted by Crippen LogP contribution is -2.43. The fourth-order valence-corrected chi connectivity index (χ4v) is 9.92. The first-order valence-corrected chi connectivity index (χ1v) is 15.0. The SMILES string of the molecule is COc1ccc2nc(SCc3ncc(C)c(OC)c3C)n(S(=O)(=O)C[C@@]34CC[C@@H](CC3=O)C4(C)C)c2c1. The van der Waals surface area contributed by atoms with Crippen LogP contribution in [-0.4, -0.2) is 48.1 Å². The van der Waals surface area contributed by atoms with E-state index in [-0.39, 0.29) is 22.9 Å². The van der Waals surface area contributed by atoms with E-state index in [1.54, 1.807) is 38.6 Å². The number of carbonyl (C=O) groups excluding carboxylic acids is 1. The van der Waals surface area contributed by atoms with Crippen molar-refractivity contribution in [3.8, 4) is 11.5 Å². The van der Waals surface area contributed by atoms with Gasteiger partial charge in [0, 0.05) is 35.6 Å². The summed E-state index contributed by atoms with van der Waals surface area (Å²) in [6.07, 6.45) is 3.71. The van der Waals surface area contributed by atoms with Gasteiger partial charge in [-0.2, -0.15) is 0 Å². The molecule has 2 aliphatic carbocycles. The van der Waals surface area contributed by atoms with Gasteiger partial charge >= 0.3 is 0 Å². The second-order valence-electron chi connectivity index (χ2n) is 10.8. The summed E-state index contributed by atoms with van der Waals surface area (Å²) in [7, 11) is -0.779. The Kier molecular flexibility index (Phi) is 6.34. The molecule has 2 heterocycles. The number of methoxy groups -OCH3 is 2. The zero-order chi connectivity index (χ0) is 26.8. The standard InChI is InChI=1S/C27H33N3O5S2/c1-16-13-28-21(17(2)24(16)35-6)14-36-25-29-20-8-7-19(34-5)12-22(20)30(25)37(32,33)15-27-10-9-18(11-23(27)31)26(27,3)4/h7-8,12-13,18H,9-11,14-15H2,1-6H3/t18-,27-/m0/s1. The van der Waals surface area contributed by atoms with Crippen molar-refractivity contribution in [3.05, 3.63) is 41.2 Å². The van der Waals surface area contributed by atoms with Crippen molar-refractivity contribution >= 4 is 38.6 Å². The average Bonchev–Trinajstić information content (AvgIpc) is 3.39. The molecule has 2 fully saturated rings. The van der Waals surface area contributed by atoms with E-state index in [1.807, 2.05) is 13.8 Å². The summed E-state index contributed by atoms with van der Waals surface area (Å²) in [4.78, 5) is 22.4. The minimum atomic E-state index is -3.95. The fourth-order valence-electron chi connectivity index (χ4n) is 6.33. The quantitative estimate of drug-likeness (QED) is 0.369. The largest absolute Gasteiger partial charge is 0.497 e. The van der Waals surface area contributed by atoms with Gasteiger partial charge in [0.05, 0.1) is 42.1 Å². The number of carbonyl (C=O) groups is 1. The summed E-state index contributed by atoms with van der Waals surface area (Å²) in [6, 6.07) is 5.22. The van der Waals surface area contributed by atoms with E-state index in [2.05, 4.69) is 18.8 Å². The molecule has 0 N–H and O–H groups in total. The number of aryl methyl sites for hydroxylation is 1. The van der Waals surface area contributed by atoms with E-state index in [9.17, 15) is 13.2 Å². The summed E-state index contributed by atoms with van der Waals surface area (Å²) in [5.41, 5.74) is 2.41. The van der Waals surface area contributed by atoms with Crippen molar-refractivity contribution in [1.29, 1.82) is 0 Å². The van der Waals surface area contributed by atoms with E-state index in [1.165, 1.54) is 15.7 Å². The van der Waals surface area contributed by atoms with Crippen molar-refractivity contribution in [2.75, 3.05) is 20.0 Å². The molecule has 0 spiro atoms. The maximum Gasteiger partial charge on any atom is 0.242 e. The van der Waals surface area contributed by atoms with Crippen LogP contribution >= 0.6 is 11.8 Å². The highest BCUT2D eigenvalue weighted by Crippen LogP contribution is 2.64. The lowest BCUT2D eigenvalue weighted by atomic mass is 9.70. The molecule has 2 aliphatic rings. The minimum Gasteiger partial charge on any atom is -0.497 e. The van der Waals surface area contributed by atoms with Crippen molar-refractivity contribution in [3.63, 3.8) is 0 Å². The van der Waals surface area contributed by atoms with Crippen LogP contribution in [0.3, 0.4) is 0 Å². The van der Waals surface area contributed by atoms with E-state index < -0.39 is 15.4 Å². The predicted molar refractivity (Wildman–Crippen MR) is 144 cm³/mol. The zero-order valence-electron chi connectivity index (χ0n) is 22.1. The maximum absolute atomic E-state index is 14.2. The van der Waals surface area contributed by atoms with Crippen LogP contribution in [0.15, 0.2) is 29.6 Å². The number of Topliss-reactive ketones (excluding diaryl/α,β-unsaturated/α-hetero) is 1. The number of pyridine rings is 1. The molecule has 0 unspecified atom stereocenters. The van der Waals surface area contributed by atoms with E-state index >= 15 is 0 Å². The topological polar surface area (TPSA) is 100 Å². The number of ketones is 1. The normalized spacial score (nSPS) is 22.6. The third-order valence-electron chi connectivity index (χ3n) is 8.73. The van der Waals surface area contributed by atoms with Gasteiger partial charge in [-0.05, 0) is 50.2 Å². The molecular formula is C27H33N3O5S2. The van der Waals surface area contributed by atoms with Crippen molar-refractivity contribution in [1.82, 2.24) is 13.9 Å². The van der Waals surface area contributed by atoms with E-state index in [4.69, 9.17) is 14.5 Å². The van der Waals surface area contributed by atoms with Gasteiger partial charge in [0.2, 0.25) is 10.0 Å². The number of hydrogen-bond acceptors (Lipinski definition) is 8. The first kappa shape index (κ1) is 26.0. The van der Waals surface area contributed by atoms with E-state index in [0.29, 0.717) is 40.5 Å². The molecule has 2 saturated carbocycles. The number of fused-ring (bicyclic) bond motifs is 3. The Hall–Kier alpha value is -2.59. The molecule has 0 aliphatic heterocycles.